The molecule has 0 bridgehead atoms. The van der Waals surface area contributed by atoms with Crippen molar-refractivity contribution in [1.82, 2.24) is 0 Å². The van der Waals surface area contributed by atoms with Crippen molar-refractivity contribution in [3.8, 4) is 0 Å². The molecule has 0 aromatic rings. The molecule has 0 aromatic heterocycles. The average molecular weight is 298 g/mol. The summed E-state index contributed by atoms with van der Waals surface area (Å²) in [6.07, 6.45) is 7.88. The van der Waals surface area contributed by atoms with Gasteiger partial charge in [0.05, 0.1) is 5.71 Å². The minimum atomic E-state index is -1.08. The lowest BCUT2D eigenvalue weighted by Gasteiger charge is -2.37. The third-order valence-corrected chi connectivity index (χ3v) is 3.80. The van der Waals surface area contributed by atoms with Crippen LogP contribution in [0, 0.1) is 11.3 Å². The molecule has 6 nitrogen and oxygen atoms in total. The molecule has 5 N–H and O–H groups in total. The van der Waals surface area contributed by atoms with Gasteiger partial charge < -0.3 is 9.90 Å². The maximum atomic E-state index is 8.89. The smallest absolute Gasteiger partial charge is 0.362 e. The van der Waals surface area contributed by atoms with E-state index in [9.17, 15) is 0 Å². The van der Waals surface area contributed by atoms with Crippen LogP contribution in [-0.2, 0) is 4.79 Å². The molecule has 0 heterocycles. The Kier molecular flexibility index (Phi) is 8.66. The molecule has 6 heteroatoms. The van der Waals surface area contributed by atoms with E-state index in [2.05, 4.69) is 24.1 Å². The molecule has 0 unspecified atom stereocenters. The van der Waals surface area contributed by atoms with Crippen LogP contribution in [0.2, 0.25) is 0 Å². The van der Waals surface area contributed by atoms with Gasteiger partial charge in [-0.1, -0.05) is 33.1 Å². The molecule has 0 aliphatic heterocycles. The molecule has 122 valence electrons. The fraction of sp³-hybridized carbons (Fsp3) is 0.800. The summed E-state index contributed by atoms with van der Waals surface area (Å²) in [7, 11) is 0. The minimum absolute atomic E-state index is 0.153. The summed E-state index contributed by atoms with van der Waals surface area (Å²) in [5, 5.41) is 15.7. The van der Waals surface area contributed by atoms with Gasteiger partial charge in [-0.25, -0.2) is 0 Å². The summed E-state index contributed by atoms with van der Waals surface area (Å²) in [6, 6.07) is 0. The van der Waals surface area contributed by atoms with E-state index in [0.29, 0.717) is 5.41 Å². The van der Waals surface area contributed by atoms with Crippen LogP contribution in [0.1, 0.15) is 66.2 Å². The van der Waals surface area contributed by atoms with Gasteiger partial charge in [0, 0.05) is 5.97 Å². The number of nitrogens with zero attached hydrogens (tertiary/aromatic N) is 1. The van der Waals surface area contributed by atoms with Crippen molar-refractivity contribution in [1.29, 1.82) is 0 Å². The first-order chi connectivity index (χ1) is 9.65. The van der Waals surface area contributed by atoms with Crippen LogP contribution in [0.4, 0.5) is 0 Å². The Morgan fingerprint density at radius 1 is 1.24 bits per heavy atom. The lowest BCUT2D eigenvalue weighted by atomic mass is 9.69. The van der Waals surface area contributed by atoms with Crippen molar-refractivity contribution in [2.45, 2.75) is 66.2 Å². The Morgan fingerprint density at radius 2 is 1.71 bits per heavy atom. The first-order valence-corrected chi connectivity index (χ1v) is 7.50. The Bertz CT molecular complexity index is 375. The van der Waals surface area contributed by atoms with Crippen LogP contribution in [0.25, 0.3) is 0 Å². The number of carboxylic acids is 1. The topological polar surface area (TPSA) is 118 Å². The lowest BCUT2D eigenvalue weighted by Crippen LogP contribution is -2.72. The summed E-state index contributed by atoms with van der Waals surface area (Å²) < 4.78 is 0. The molecular weight excluding hydrogens is 268 g/mol. The van der Waals surface area contributed by atoms with Crippen LogP contribution < -0.4 is 21.7 Å². The fourth-order valence-electron chi connectivity index (χ4n) is 2.89. The van der Waals surface area contributed by atoms with Gasteiger partial charge in [0.1, 0.15) is 0 Å². The zero-order valence-electron chi connectivity index (χ0n) is 13.7. The highest BCUT2D eigenvalue weighted by Gasteiger charge is 2.31. The van der Waals surface area contributed by atoms with Crippen LogP contribution in [-0.4, -0.2) is 17.6 Å². The number of carbonyl (C=O) groups is 1. The van der Waals surface area contributed by atoms with Crippen molar-refractivity contribution < 1.29 is 15.0 Å². The van der Waals surface area contributed by atoms with Crippen LogP contribution in [0.3, 0.4) is 0 Å². The van der Waals surface area contributed by atoms with E-state index in [1.54, 1.807) is 0 Å². The molecular formula is C15H30N4O2. The SMILES string of the molecule is C/C(CC(C)(C)C1CCCCC1)=N\[NH+]=C(N)N.CC(=O)[O-]. The molecule has 0 aromatic carbocycles. The Labute approximate surface area is 127 Å². The predicted octanol–water partition coefficient (Wildman–Crippen LogP) is -0.531. The van der Waals surface area contributed by atoms with Crippen molar-refractivity contribution >= 4 is 17.6 Å². The Morgan fingerprint density at radius 3 is 2.14 bits per heavy atom. The molecule has 1 aliphatic rings. The number of guanidine groups is 1. The van der Waals surface area contributed by atoms with Gasteiger partial charge in [0.2, 0.25) is 0 Å². The third kappa shape index (κ3) is 9.87. The van der Waals surface area contributed by atoms with Crippen molar-refractivity contribution in [3.05, 3.63) is 0 Å². The van der Waals surface area contributed by atoms with Gasteiger partial charge in [0.15, 0.2) is 0 Å². The van der Waals surface area contributed by atoms with E-state index in [1.165, 1.54) is 32.1 Å². The molecule has 1 saturated carbocycles. The molecule has 1 aliphatic carbocycles. The van der Waals surface area contributed by atoms with Crippen molar-refractivity contribution in [3.63, 3.8) is 0 Å². The lowest BCUT2D eigenvalue weighted by molar-refractivity contribution is -0.464. The first-order valence-electron chi connectivity index (χ1n) is 7.50. The number of aliphatic carboxylic acids is 1. The number of carbonyl (C=O) groups excluding carboxylic acids is 1. The molecule has 21 heavy (non-hydrogen) atoms. The molecule has 0 spiro atoms. The highest BCUT2D eigenvalue weighted by atomic mass is 16.4. The molecule has 0 amide bonds. The summed E-state index contributed by atoms with van der Waals surface area (Å²) in [5.41, 5.74) is 12.0. The number of hydrogen-bond acceptors (Lipinski definition) is 3. The molecule has 1 rings (SSSR count). The van der Waals surface area contributed by atoms with Gasteiger partial charge in [-0.2, -0.15) is 5.10 Å². The summed E-state index contributed by atoms with van der Waals surface area (Å²) >= 11 is 0. The molecule has 0 radical (unpaired) electrons. The summed E-state index contributed by atoms with van der Waals surface area (Å²) in [6.45, 7) is 7.69. The monoisotopic (exact) mass is 298 g/mol. The fourth-order valence-corrected chi connectivity index (χ4v) is 2.89. The van der Waals surface area contributed by atoms with E-state index in [0.717, 1.165) is 25.0 Å². The highest BCUT2D eigenvalue weighted by Crippen LogP contribution is 2.40. The second kappa shape index (κ2) is 9.37. The average Bonchev–Trinajstić information content (AvgIpc) is 2.36. The van der Waals surface area contributed by atoms with Crippen LogP contribution >= 0.6 is 0 Å². The molecule has 1 fully saturated rings. The maximum absolute atomic E-state index is 8.89. The second-order valence-electron chi connectivity index (χ2n) is 6.41. The first kappa shape index (κ1) is 19.4. The van der Waals surface area contributed by atoms with E-state index in [4.69, 9.17) is 21.4 Å². The molecule has 0 saturated heterocycles. The van der Waals surface area contributed by atoms with Crippen LogP contribution in [0.15, 0.2) is 5.10 Å². The van der Waals surface area contributed by atoms with Gasteiger partial charge in [-0.3, -0.25) is 11.5 Å². The number of rotatable bonds is 4. The number of carboxylic acid groups (broad SMARTS) is 1. The largest absolute Gasteiger partial charge is 0.550 e. The van der Waals surface area contributed by atoms with Gasteiger partial charge in [-0.15, -0.1) is 5.10 Å². The Balaban J connectivity index is 0.000000885. The summed E-state index contributed by atoms with van der Waals surface area (Å²) in [4.78, 5) is 8.89. The van der Waals surface area contributed by atoms with Gasteiger partial charge >= 0.3 is 5.96 Å². The zero-order chi connectivity index (χ0) is 16.5. The van der Waals surface area contributed by atoms with Gasteiger partial charge in [-0.05, 0) is 44.4 Å². The number of nitrogens with two attached hydrogens (primary N) is 2. The molecule has 0 atom stereocenters. The van der Waals surface area contributed by atoms with Crippen molar-refractivity contribution in [2.24, 2.45) is 27.9 Å². The minimum Gasteiger partial charge on any atom is -0.550 e. The zero-order valence-corrected chi connectivity index (χ0v) is 13.7. The predicted molar refractivity (Wildman–Crippen MR) is 83.1 cm³/mol. The second-order valence-corrected chi connectivity index (χ2v) is 6.41. The van der Waals surface area contributed by atoms with Crippen LogP contribution in [0.5, 0.6) is 0 Å². The Hall–Kier alpha value is -1.59. The third-order valence-electron chi connectivity index (χ3n) is 3.80. The van der Waals surface area contributed by atoms with E-state index < -0.39 is 5.97 Å². The standard InChI is InChI=1S/C13H26N4.C2H4O2/c1-10(16-17-12(14)15)9-13(2,3)11-7-5-4-6-8-11;1-2(3)4/h11H,4-9H2,1-3H3,(H4,14,15,17);1H3,(H,3,4)/b16-10+;. The van der Waals surface area contributed by atoms with E-state index in [1.807, 2.05) is 6.92 Å². The normalized spacial score (nSPS) is 16.7. The van der Waals surface area contributed by atoms with Crippen molar-refractivity contribution in [2.75, 3.05) is 0 Å². The highest BCUT2D eigenvalue weighted by molar-refractivity contribution is 5.82. The van der Waals surface area contributed by atoms with E-state index >= 15 is 0 Å². The number of hydrogen-bond donors (Lipinski definition) is 3. The number of hydrazone groups is 1. The number of nitrogens with one attached hydrogen (secondary N) is 1. The maximum Gasteiger partial charge on any atom is 0.362 e. The van der Waals surface area contributed by atoms with Gasteiger partial charge in [0.25, 0.3) is 0 Å². The van der Waals surface area contributed by atoms with E-state index in [-0.39, 0.29) is 5.96 Å². The summed E-state index contributed by atoms with van der Waals surface area (Å²) in [5.74, 6) is -0.111. The quantitative estimate of drug-likeness (QED) is 0.367.